The van der Waals surface area contributed by atoms with Crippen molar-refractivity contribution in [3.63, 3.8) is 0 Å². The second-order valence-electron chi connectivity index (χ2n) is 6.33. The van der Waals surface area contributed by atoms with Crippen LogP contribution in [0.5, 0.6) is 0 Å². The second-order valence-corrected chi connectivity index (χ2v) is 6.33. The third-order valence-electron chi connectivity index (χ3n) is 4.17. The molecule has 1 aromatic rings. The van der Waals surface area contributed by atoms with Gasteiger partial charge < -0.3 is 10.2 Å². The summed E-state index contributed by atoms with van der Waals surface area (Å²) in [5.41, 5.74) is 4.34. The summed E-state index contributed by atoms with van der Waals surface area (Å²) in [6.45, 7) is 10.2. The van der Waals surface area contributed by atoms with Crippen molar-refractivity contribution in [2.45, 2.75) is 52.1 Å². The van der Waals surface area contributed by atoms with E-state index in [1.807, 2.05) is 0 Å². The maximum atomic E-state index is 3.58. The van der Waals surface area contributed by atoms with Crippen LogP contribution in [0.25, 0.3) is 0 Å². The predicted molar refractivity (Wildman–Crippen MR) is 82.6 cm³/mol. The zero-order chi connectivity index (χ0) is 13.8. The Kier molecular flexibility index (Phi) is 5.00. The van der Waals surface area contributed by atoms with Crippen LogP contribution in [-0.4, -0.2) is 31.1 Å². The molecule has 1 unspecified atom stereocenters. The summed E-state index contributed by atoms with van der Waals surface area (Å²) >= 11 is 0. The first-order valence-electron chi connectivity index (χ1n) is 7.57. The highest BCUT2D eigenvalue weighted by atomic mass is 15.1. The Hall–Kier alpha value is -0.860. The van der Waals surface area contributed by atoms with Gasteiger partial charge in [-0.05, 0) is 56.0 Å². The van der Waals surface area contributed by atoms with Crippen molar-refractivity contribution in [1.29, 1.82) is 0 Å². The smallest absolute Gasteiger partial charge is 0.0234 e. The normalized spacial score (nSPS) is 19.6. The van der Waals surface area contributed by atoms with Gasteiger partial charge in [0.15, 0.2) is 0 Å². The van der Waals surface area contributed by atoms with Crippen molar-refractivity contribution in [3.05, 3.63) is 34.9 Å². The highest BCUT2D eigenvalue weighted by molar-refractivity contribution is 5.32. The lowest BCUT2D eigenvalue weighted by Gasteiger charge is -2.22. The molecule has 0 aromatic heterocycles. The molecule has 2 rings (SSSR count). The Morgan fingerprint density at radius 1 is 1.37 bits per heavy atom. The molecule has 0 bridgehead atoms. The molecule has 0 aliphatic carbocycles. The van der Waals surface area contributed by atoms with Crippen molar-refractivity contribution in [3.8, 4) is 0 Å². The van der Waals surface area contributed by atoms with Crippen LogP contribution in [0.2, 0.25) is 0 Å². The van der Waals surface area contributed by atoms with Gasteiger partial charge in [-0.1, -0.05) is 32.0 Å². The molecule has 1 atom stereocenters. The van der Waals surface area contributed by atoms with Crippen molar-refractivity contribution in [2.24, 2.45) is 0 Å². The number of hydrogen-bond acceptors (Lipinski definition) is 2. The first kappa shape index (κ1) is 14.5. The number of benzene rings is 1. The van der Waals surface area contributed by atoms with Crippen LogP contribution in [-0.2, 0) is 6.54 Å². The number of hydrogen-bond donors (Lipinski definition) is 1. The third kappa shape index (κ3) is 4.05. The molecule has 106 valence electrons. The monoisotopic (exact) mass is 260 g/mol. The van der Waals surface area contributed by atoms with Crippen LogP contribution in [0.1, 0.15) is 49.3 Å². The van der Waals surface area contributed by atoms with Crippen LogP contribution < -0.4 is 5.32 Å². The topological polar surface area (TPSA) is 15.3 Å². The molecule has 2 heteroatoms. The van der Waals surface area contributed by atoms with Crippen LogP contribution in [0.4, 0.5) is 0 Å². The molecular formula is C17H28N2. The van der Waals surface area contributed by atoms with E-state index in [-0.39, 0.29) is 0 Å². The van der Waals surface area contributed by atoms with E-state index in [2.05, 4.69) is 56.2 Å². The molecule has 1 N–H and O–H groups in total. The summed E-state index contributed by atoms with van der Waals surface area (Å²) in [5.74, 6) is 0.612. The fourth-order valence-corrected chi connectivity index (χ4v) is 2.86. The fraction of sp³-hybridized carbons (Fsp3) is 0.647. The molecule has 0 spiro atoms. The van der Waals surface area contributed by atoms with Gasteiger partial charge in [-0.15, -0.1) is 0 Å². The summed E-state index contributed by atoms with van der Waals surface area (Å²) in [4.78, 5) is 2.45. The van der Waals surface area contributed by atoms with Gasteiger partial charge in [-0.25, -0.2) is 0 Å². The van der Waals surface area contributed by atoms with E-state index in [0.29, 0.717) is 12.0 Å². The lowest BCUT2D eigenvalue weighted by atomic mass is 9.97. The van der Waals surface area contributed by atoms with Gasteiger partial charge in [-0.2, -0.15) is 0 Å². The maximum absolute atomic E-state index is 3.58. The van der Waals surface area contributed by atoms with E-state index < -0.39 is 0 Å². The minimum absolute atomic E-state index is 0.612. The van der Waals surface area contributed by atoms with E-state index in [1.54, 1.807) is 0 Å². The van der Waals surface area contributed by atoms with E-state index in [1.165, 1.54) is 36.1 Å². The molecule has 2 nitrogen and oxygen atoms in total. The highest BCUT2D eigenvalue weighted by Gasteiger charge is 2.16. The van der Waals surface area contributed by atoms with Gasteiger partial charge in [0.25, 0.3) is 0 Å². The quantitative estimate of drug-likeness (QED) is 0.874. The Balaban J connectivity index is 1.98. The van der Waals surface area contributed by atoms with E-state index in [0.717, 1.165) is 13.1 Å². The highest BCUT2D eigenvalue weighted by Crippen LogP contribution is 2.20. The van der Waals surface area contributed by atoms with Gasteiger partial charge in [0.2, 0.25) is 0 Å². The minimum atomic E-state index is 0.612. The Morgan fingerprint density at radius 3 is 2.79 bits per heavy atom. The number of nitrogens with zero attached hydrogens (tertiary/aromatic N) is 1. The van der Waals surface area contributed by atoms with Crippen molar-refractivity contribution < 1.29 is 0 Å². The number of nitrogens with one attached hydrogen (secondary N) is 1. The SMILES string of the molecule is Cc1ccc(C(C)C)cc1CN(C)CC1CCCN1. The largest absolute Gasteiger partial charge is 0.313 e. The number of aryl methyl sites for hydroxylation is 1. The van der Waals surface area contributed by atoms with Crippen molar-refractivity contribution >= 4 is 0 Å². The number of rotatable bonds is 5. The molecular weight excluding hydrogens is 232 g/mol. The Labute approximate surface area is 118 Å². The molecule has 1 aliphatic heterocycles. The fourth-order valence-electron chi connectivity index (χ4n) is 2.86. The van der Waals surface area contributed by atoms with Gasteiger partial charge in [0.1, 0.15) is 0 Å². The second kappa shape index (κ2) is 6.53. The summed E-state index contributed by atoms with van der Waals surface area (Å²) in [6, 6.07) is 7.62. The first-order valence-corrected chi connectivity index (χ1v) is 7.57. The standard InChI is InChI=1S/C17H28N2/c1-13(2)15-8-7-14(3)16(10-15)11-19(4)12-17-6-5-9-18-17/h7-8,10,13,17-18H,5-6,9,11-12H2,1-4H3. The summed E-state index contributed by atoms with van der Waals surface area (Å²) in [5, 5.41) is 3.58. The summed E-state index contributed by atoms with van der Waals surface area (Å²) in [7, 11) is 2.24. The van der Waals surface area contributed by atoms with Crippen LogP contribution >= 0.6 is 0 Å². The van der Waals surface area contributed by atoms with Gasteiger partial charge >= 0.3 is 0 Å². The molecule has 0 radical (unpaired) electrons. The predicted octanol–water partition coefficient (Wildman–Crippen LogP) is 3.30. The lowest BCUT2D eigenvalue weighted by Crippen LogP contribution is -2.35. The van der Waals surface area contributed by atoms with E-state index in [4.69, 9.17) is 0 Å². The van der Waals surface area contributed by atoms with Crippen LogP contribution in [0.15, 0.2) is 18.2 Å². The van der Waals surface area contributed by atoms with Crippen molar-refractivity contribution in [2.75, 3.05) is 20.1 Å². The van der Waals surface area contributed by atoms with Gasteiger partial charge in [0, 0.05) is 19.1 Å². The summed E-state index contributed by atoms with van der Waals surface area (Å²) in [6.07, 6.45) is 2.66. The molecule has 1 aromatic carbocycles. The molecule has 1 fully saturated rings. The maximum Gasteiger partial charge on any atom is 0.0234 e. The Morgan fingerprint density at radius 2 is 2.16 bits per heavy atom. The van der Waals surface area contributed by atoms with E-state index in [9.17, 15) is 0 Å². The molecule has 1 aliphatic rings. The van der Waals surface area contributed by atoms with E-state index >= 15 is 0 Å². The summed E-state index contributed by atoms with van der Waals surface area (Å²) < 4.78 is 0. The molecule has 0 saturated carbocycles. The average molecular weight is 260 g/mol. The zero-order valence-electron chi connectivity index (χ0n) is 12.9. The zero-order valence-corrected chi connectivity index (χ0v) is 12.9. The average Bonchev–Trinajstić information content (AvgIpc) is 2.84. The molecule has 1 saturated heterocycles. The van der Waals surface area contributed by atoms with Crippen LogP contribution in [0.3, 0.4) is 0 Å². The molecule has 0 amide bonds. The molecule has 1 heterocycles. The van der Waals surface area contributed by atoms with Gasteiger partial charge in [0.05, 0.1) is 0 Å². The third-order valence-corrected chi connectivity index (χ3v) is 4.17. The Bertz CT molecular complexity index is 406. The minimum Gasteiger partial charge on any atom is -0.313 e. The van der Waals surface area contributed by atoms with Crippen molar-refractivity contribution in [1.82, 2.24) is 10.2 Å². The molecule has 19 heavy (non-hydrogen) atoms. The van der Waals surface area contributed by atoms with Gasteiger partial charge in [-0.3, -0.25) is 0 Å². The number of likely N-dealkylation sites (N-methyl/N-ethyl adjacent to an activating group) is 1. The van der Waals surface area contributed by atoms with Crippen LogP contribution in [0, 0.1) is 6.92 Å². The first-order chi connectivity index (χ1) is 9.06. The lowest BCUT2D eigenvalue weighted by molar-refractivity contribution is 0.292.